The highest BCUT2D eigenvalue weighted by atomic mass is 32.2. The number of sulfone groups is 1. The maximum Gasteiger partial charge on any atom is 0.337 e. The molecule has 1 saturated heterocycles. The molecule has 0 bridgehead atoms. The third kappa shape index (κ3) is 2.73. The van der Waals surface area contributed by atoms with Crippen molar-refractivity contribution in [2.75, 3.05) is 17.2 Å². The van der Waals surface area contributed by atoms with Crippen LogP contribution < -0.4 is 10.5 Å². The van der Waals surface area contributed by atoms with Crippen LogP contribution in [0.3, 0.4) is 0 Å². The predicted octanol–water partition coefficient (Wildman–Crippen LogP) is 0.533. The van der Waals surface area contributed by atoms with Gasteiger partial charge in [-0.2, -0.15) is 0 Å². The zero-order chi connectivity index (χ0) is 13.3. The highest BCUT2D eigenvalue weighted by Gasteiger charge is 2.29. The third-order valence-corrected chi connectivity index (χ3v) is 4.48. The summed E-state index contributed by atoms with van der Waals surface area (Å²) >= 11 is 0. The second-order valence-corrected chi connectivity index (χ2v) is 6.43. The van der Waals surface area contributed by atoms with Crippen LogP contribution >= 0.6 is 0 Å². The van der Waals surface area contributed by atoms with E-state index in [4.69, 9.17) is 15.6 Å². The van der Waals surface area contributed by atoms with Crippen molar-refractivity contribution in [2.24, 2.45) is 0 Å². The largest absolute Gasteiger partial charge is 0.489 e. The van der Waals surface area contributed by atoms with Gasteiger partial charge in [-0.3, -0.25) is 0 Å². The Morgan fingerprint density at radius 1 is 1.44 bits per heavy atom. The second-order valence-electron chi connectivity index (χ2n) is 4.20. The molecule has 0 amide bonds. The zero-order valence-corrected chi connectivity index (χ0v) is 10.3. The fourth-order valence-corrected chi connectivity index (χ4v) is 3.45. The summed E-state index contributed by atoms with van der Waals surface area (Å²) in [5.74, 6) is -0.601. The van der Waals surface area contributed by atoms with Gasteiger partial charge in [0, 0.05) is 11.8 Å². The monoisotopic (exact) mass is 271 g/mol. The smallest absolute Gasteiger partial charge is 0.337 e. The Morgan fingerprint density at radius 3 is 2.67 bits per heavy atom. The Labute approximate surface area is 104 Å². The number of anilines is 1. The van der Waals surface area contributed by atoms with Crippen molar-refractivity contribution in [3.63, 3.8) is 0 Å². The molecule has 0 spiro atoms. The maximum atomic E-state index is 11.3. The second kappa shape index (κ2) is 4.49. The van der Waals surface area contributed by atoms with Crippen LogP contribution in [0.15, 0.2) is 18.2 Å². The molecular weight excluding hydrogens is 258 g/mol. The number of benzene rings is 1. The summed E-state index contributed by atoms with van der Waals surface area (Å²) in [5, 5.41) is 8.81. The van der Waals surface area contributed by atoms with E-state index in [-0.39, 0.29) is 28.9 Å². The summed E-state index contributed by atoms with van der Waals surface area (Å²) in [7, 11) is -3.00. The Hall–Kier alpha value is -1.76. The minimum Gasteiger partial charge on any atom is -0.489 e. The number of carbonyl (C=O) groups is 1. The Balaban J connectivity index is 2.12. The summed E-state index contributed by atoms with van der Waals surface area (Å²) in [4.78, 5) is 10.8. The molecule has 0 saturated carbocycles. The first kappa shape index (κ1) is 12.7. The number of ether oxygens (including phenoxy) is 1. The lowest BCUT2D eigenvalue weighted by atomic mass is 10.2. The summed E-state index contributed by atoms with van der Waals surface area (Å²) in [6.07, 6.45) is 0.0632. The van der Waals surface area contributed by atoms with Crippen LogP contribution in [0.4, 0.5) is 5.69 Å². The van der Waals surface area contributed by atoms with E-state index in [0.29, 0.717) is 12.2 Å². The highest BCUT2D eigenvalue weighted by molar-refractivity contribution is 7.91. The van der Waals surface area contributed by atoms with E-state index in [2.05, 4.69) is 0 Å². The molecule has 6 nitrogen and oxygen atoms in total. The zero-order valence-electron chi connectivity index (χ0n) is 9.50. The molecule has 1 fully saturated rings. The minimum atomic E-state index is -3.00. The minimum absolute atomic E-state index is 0.00129. The van der Waals surface area contributed by atoms with Gasteiger partial charge in [0.1, 0.15) is 11.9 Å². The van der Waals surface area contributed by atoms with Gasteiger partial charge in [-0.05, 0) is 18.6 Å². The van der Waals surface area contributed by atoms with Gasteiger partial charge >= 0.3 is 5.97 Å². The molecule has 1 aromatic rings. The number of hydrogen-bond acceptors (Lipinski definition) is 5. The molecule has 3 N–H and O–H groups in total. The SMILES string of the molecule is Nc1cc(OC2CCS(=O)(=O)C2)ccc1C(=O)O. The third-order valence-electron chi connectivity index (χ3n) is 2.75. The number of nitrogens with two attached hydrogens (primary N) is 1. The van der Waals surface area contributed by atoms with E-state index in [1.54, 1.807) is 0 Å². The van der Waals surface area contributed by atoms with Crippen molar-refractivity contribution >= 4 is 21.5 Å². The van der Waals surface area contributed by atoms with Crippen LogP contribution in [-0.2, 0) is 9.84 Å². The van der Waals surface area contributed by atoms with Gasteiger partial charge < -0.3 is 15.6 Å². The van der Waals surface area contributed by atoms with E-state index in [0.717, 1.165) is 0 Å². The van der Waals surface area contributed by atoms with Crippen LogP contribution in [-0.4, -0.2) is 37.1 Å². The van der Waals surface area contributed by atoms with Gasteiger partial charge in [0.05, 0.1) is 17.1 Å². The standard InChI is InChI=1S/C11H13NO5S/c12-10-5-7(1-2-9(10)11(13)14)17-8-3-4-18(15,16)6-8/h1-2,5,8H,3-4,6,12H2,(H,13,14). The molecule has 1 aliphatic heterocycles. The van der Waals surface area contributed by atoms with Crippen molar-refractivity contribution in [1.29, 1.82) is 0 Å². The van der Waals surface area contributed by atoms with Crippen molar-refractivity contribution < 1.29 is 23.1 Å². The molecule has 98 valence electrons. The molecule has 0 aliphatic carbocycles. The highest BCUT2D eigenvalue weighted by Crippen LogP contribution is 2.24. The van der Waals surface area contributed by atoms with Gasteiger partial charge in [0.2, 0.25) is 0 Å². The summed E-state index contributed by atoms with van der Waals surface area (Å²) in [5.41, 5.74) is 5.67. The lowest BCUT2D eigenvalue weighted by Gasteiger charge is -2.12. The van der Waals surface area contributed by atoms with Gasteiger partial charge in [0.15, 0.2) is 9.84 Å². The van der Waals surface area contributed by atoms with Gasteiger partial charge in [-0.1, -0.05) is 0 Å². The number of carboxylic acids is 1. The molecule has 1 heterocycles. The molecule has 1 unspecified atom stereocenters. The lowest BCUT2D eigenvalue weighted by molar-refractivity contribution is 0.0698. The number of carboxylic acid groups (broad SMARTS) is 1. The van der Waals surface area contributed by atoms with Crippen LogP contribution in [0, 0.1) is 0 Å². The molecule has 7 heteroatoms. The van der Waals surface area contributed by atoms with Crippen LogP contribution in [0.25, 0.3) is 0 Å². The summed E-state index contributed by atoms with van der Waals surface area (Å²) in [6, 6.07) is 4.22. The van der Waals surface area contributed by atoms with E-state index in [1.165, 1.54) is 18.2 Å². The maximum absolute atomic E-state index is 11.3. The quantitative estimate of drug-likeness (QED) is 0.777. The average molecular weight is 271 g/mol. The van der Waals surface area contributed by atoms with Gasteiger partial charge in [-0.25, -0.2) is 13.2 Å². The first-order valence-corrected chi connectivity index (χ1v) is 7.19. The topological polar surface area (TPSA) is 107 Å². The summed E-state index contributed by atoms with van der Waals surface area (Å²) < 4.78 is 28.0. The number of aromatic carboxylic acids is 1. The molecular formula is C11H13NO5S. The Morgan fingerprint density at radius 2 is 2.17 bits per heavy atom. The lowest BCUT2D eigenvalue weighted by Crippen LogP contribution is -2.18. The molecule has 18 heavy (non-hydrogen) atoms. The normalized spacial score (nSPS) is 21.7. The number of nitrogen functional groups attached to an aromatic ring is 1. The van der Waals surface area contributed by atoms with Crippen LogP contribution in [0.2, 0.25) is 0 Å². The molecule has 1 aliphatic rings. The van der Waals surface area contributed by atoms with Gasteiger partial charge in [-0.15, -0.1) is 0 Å². The fourth-order valence-electron chi connectivity index (χ4n) is 1.86. The van der Waals surface area contributed by atoms with Crippen molar-refractivity contribution in [3.8, 4) is 5.75 Å². The van der Waals surface area contributed by atoms with Gasteiger partial charge in [0.25, 0.3) is 0 Å². The van der Waals surface area contributed by atoms with E-state index in [1.807, 2.05) is 0 Å². The van der Waals surface area contributed by atoms with Crippen molar-refractivity contribution in [2.45, 2.75) is 12.5 Å². The molecule has 2 rings (SSSR count). The molecule has 0 aromatic heterocycles. The first-order chi connectivity index (χ1) is 8.37. The number of hydrogen-bond donors (Lipinski definition) is 2. The average Bonchev–Trinajstić information content (AvgIpc) is 2.57. The van der Waals surface area contributed by atoms with Crippen molar-refractivity contribution in [1.82, 2.24) is 0 Å². The number of rotatable bonds is 3. The van der Waals surface area contributed by atoms with E-state index < -0.39 is 15.8 Å². The molecule has 1 atom stereocenters. The van der Waals surface area contributed by atoms with Crippen molar-refractivity contribution in [3.05, 3.63) is 23.8 Å². The molecule has 0 radical (unpaired) electrons. The van der Waals surface area contributed by atoms with Crippen LogP contribution in [0.1, 0.15) is 16.8 Å². The van der Waals surface area contributed by atoms with E-state index >= 15 is 0 Å². The first-order valence-electron chi connectivity index (χ1n) is 5.37. The van der Waals surface area contributed by atoms with Crippen LogP contribution in [0.5, 0.6) is 5.75 Å². The Bertz CT molecular complexity index is 581. The Kier molecular flexibility index (Phi) is 3.16. The fraction of sp³-hybridized carbons (Fsp3) is 0.364. The molecule has 1 aromatic carbocycles. The predicted molar refractivity (Wildman–Crippen MR) is 65.5 cm³/mol. The summed E-state index contributed by atoms with van der Waals surface area (Å²) in [6.45, 7) is 0. The van der Waals surface area contributed by atoms with E-state index in [9.17, 15) is 13.2 Å².